The summed E-state index contributed by atoms with van der Waals surface area (Å²) in [4.78, 5) is 20.0. The van der Waals surface area contributed by atoms with Crippen LogP contribution in [0.3, 0.4) is 0 Å². The molecule has 9 rings (SSSR count). The Labute approximate surface area is 314 Å². The third-order valence-electron chi connectivity index (χ3n) is 12.4. The summed E-state index contributed by atoms with van der Waals surface area (Å²) < 4.78 is 13.6. The number of pyridine rings is 1. The molecule has 0 spiro atoms. The van der Waals surface area contributed by atoms with E-state index >= 15 is 0 Å². The van der Waals surface area contributed by atoms with Crippen LogP contribution in [0.15, 0.2) is 97.2 Å². The number of aromatic nitrogens is 1. The fourth-order valence-electron chi connectivity index (χ4n) is 10.0. The lowest BCUT2D eigenvalue weighted by Gasteiger charge is -2.56. The molecule has 4 atom stereocenters. The van der Waals surface area contributed by atoms with E-state index < -0.39 is 6.29 Å². The lowest BCUT2D eigenvalue weighted by molar-refractivity contribution is -0.275. The molecule has 1 aliphatic heterocycles. The van der Waals surface area contributed by atoms with Crippen LogP contribution in [-0.4, -0.2) is 52.8 Å². The number of benzene rings is 3. The zero-order valence-corrected chi connectivity index (χ0v) is 31.1. The van der Waals surface area contributed by atoms with E-state index in [4.69, 9.17) is 9.47 Å². The average molecular weight is 715 g/mol. The van der Waals surface area contributed by atoms with Crippen LogP contribution < -0.4 is 10.6 Å². The molecule has 8 nitrogen and oxygen atoms in total. The first-order valence-electron chi connectivity index (χ1n) is 19.7. The summed E-state index contributed by atoms with van der Waals surface area (Å²) in [5.41, 5.74) is 7.21. The van der Waals surface area contributed by atoms with Crippen molar-refractivity contribution in [1.29, 1.82) is 0 Å². The predicted molar refractivity (Wildman–Crippen MR) is 207 cm³/mol. The van der Waals surface area contributed by atoms with Gasteiger partial charge in [-0.1, -0.05) is 73.7 Å². The van der Waals surface area contributed by atoms with Crippen molar-refractivity contribution in [3.63, 3.8) is 0 Å². The lowest BCUT2D eigenvalue weighted by Crippen LogP contribution is -2.61. The van der Waals surface area contributed by atoms with Crippen LogP contribution in [0.5, 0.6) is 0 Å². The van der Waals surface area contributed by atoms with Gasteiger partial charge in [-0.15, -0.1) is 0 Å². The van der Waals surface area contributed by atoms with Crippen LogP contribution in [0.2, 0.25) is 0 Å². The van der Waals surface area contributed by atoms with Crippen molar-refractivity contribution in [1.82, 2.24) is 20.5 Å². The van der Waals surface area contributed by atoms with Crippen LogP contribution in [0, 0.1) is 23.7 Å². The lowest BCUT2D eigenvalue weighted by atomic mass is 9.53. The largest absolute Gasteiger partial charge is 0.392 e. The summed E-state index contributed by atoms with van der Waals surface area (Å²) in [7, 11) is 2.14. The Morgan fingerprint density at radius 2 is 1.57 bits per heavy atom. The van der Waals surface area contributed by atoms with Gasteiger partial charge in [0.2, 0.25) is 0 Å². The monoisotopic (exact) mass is 714 g/mol. The van der Waals surface area contributed by atoms with Crippen molar-refractivity contribution >= 4 is 6.03 Å². The fourth-order valence-corrected chi connectivity index (χ4v) is 10.0. The number of carbonyl (C=O) groups excluding carboxylic acids is 1. The number of amides is 2. The zero-order chi connectivity index (χ0) is 36.4. The minimum atomic E-state index is -0.555. The van der Waals surface area contributed by atoms with Gasteiger partial charge in [0.15, 0.2) is 6.29 Å². The molecular weight excluding hydrogens is 661 g/mol. The number of carbonyl (C=O) groups is 1. The Balaban J connectivity index is 0.955. The van der Waals surface area contributed by atoms with Gasteiger partial charge in [-0.25, -0.2) is 4.79 Å². The summed E-state index contributed by atoms with van der Waals surface area (Å²) >= 11 is 0. The minimum absolute atomic E-state index is 0.00186. The summed E-state index contributed by atoms with van der Waals surface area (Å²) in [6.07, 6.45) is 9.42. The maximum atomic E-state index is 13.2. The van der Waals surface area contributed by atoms with Crippen molar-refractivity contribution < 1.29 is 19.4 Å². The molecule has 4 aliphatic carbocycles. The van der Waals surface area contributed by atoms with Gasteiger partial charge in [-0.2, -0.15) is 0 Å². The van der Waals surface area contributed by atoms with Gasteiger partial charge >= 0.3 is 6.03 Å². The van der Waals surface area contributed by atoms with E-state index in [1.165, 1.54) is 19.3 Å². The van der Waals surface area contributed by atoms with Gasteiger partial charge in [-0.3, -0.25) is 4.98 Å². The van der Waals surface area contributed by atoms with Crippen LogP contribution in [0.4, 0.5) is 4.79 Å². The molecule has 8 heteroatoms. The molecule has 278 valence electrons. The van der Waals surface area contributed by atoms with Crippen molar-refractivity contribution in [2.75, 3.05) is 20.1 Å². The minimum Gasteiger partial charge on any atom is -0.392 e. The number of urea groups is 1. The molecule has 0 radical (unpaired) electrons. The summed E-state index contributed by atoms with van der Waals surface area (Å²) in [6.45, 7) is 4.32. The third-order valence-corrected chi connectivity index (χ3v) is 12.4. The highest BCUT2D eigenvalue weighted by atomic mass is 16.7. The van der Waals surface area contributed by atoms with Gasteiger partial charge in [0.25, 0.3) is 0 Å². The Bertz CT molecular complexity index is 1810. The number of rotatable bonds is 12. The normalized spacial score (nSPS) is 28.9. The van der Waals surface area contributed by atoms with Gasteiger partial charge in [0.1, 0.15) is 0 Å². The second kappa shape index (κ2) is 15.7. The number of aliphatic hydroxyl groups excluding tert-OH is 1. The van der Waals surface area contributed by atoms with E-state index in [2.05, 4.69) is 101 Å². The smallest absolute Gasteiger partial charge is 0.315 e. The van der Waals surface area contributed by atoms with Crippen molar-refractivity contribution in [2.45, 2.75) is 89.1 Å². The topological polar surface area (TPSA) is 96.0 Å². The standard InChI is InChI=1S/C45H54N4O4/c1-30-41(28-49(2)18-16-40-11-3-4-17-46-40)52-43(53-42(30)36-14-12-31(29-50)13-15-36)39-10-6-9-38(23-39)37-8-5-7-32(22-37)27-47-44(51)48-45-24-33-19-34(25-45)21-35(20-33)26-45/h3-15,17,22-23,30,33-35,41-43,50H,16,18-21,24-29H2,1-2H3,(H2,47,48,51). The van der Waals surface area contributed by atoms with Gasteiger partial charge in [0.05, 0.1) is 18.8 Å². The van der Waals surface area contributed by atoms with Crippen molar-refractivity contribution in [3.05, 3.63) is 125 Å². The number of aliphatic hydroxyl groups is 1. The highest BCUT2D eigenvalue weighted by Gasteiger charge is 2.51. The second-order valence-electron chi connectivity index (χ2n) is 16.5. The summed E-state index contributed by atoms with van der Waals surface area (Å²) in [6, 6.07) is 31.0. The number of hydrogen-bond acceptors (Lipinski definition) is 6. The highest BCUT2D eigenvalue weighted by molar-refractivity contribution is 5.75. The molecule has 4 bridgehead atoms. The first-order valence-corrected chi connectivity index (χ1v) is 19.7. The molecule has 1 saturated heterocycles. The maximum absolute atomic E-state index is 13.2. The van der Waals surface area contributed by atoms with Crippen molar-refractivity contribution in [3.8, 4) is 11.1 Å². The Morgan fingerprint density at radius 1 is 0.849 bits per heavy atom. The maximum Gasteiger partial charge on any atom is 0.315 e. The molecule has 3 aromatic carbocycles. The van der Waals surface area contributed by atoms with E-state index in [1.807, 2.05) is 30.5 Å². The Hall–Kier alpha value is -4.08. The van der Waals surface area contributed by atoms with E-state index in [-0.39, 0.29) is 36.3 Å². The van der Waals surface area contributed by atoms with Gasteiger partial charge < -0.3 is 30.1 Å². The van der Waals surface area contributed by atoms with Crippen LogP contribution in [0.25, 0.3) is 11.1 Å². The Morgan fingerprint density at radius 3 is 2.26 bits per heavy atom. The van der Waals surface area contributed by atoms with Crippen LogP contribution >= 0.6 is 0 Å². The van der Waals surface area contributed by atoms with E-state index in [1.54, 1.807) is 0 Å². The highest BCUT2D eigenvalue weighted by Crippen LogP contribution is 2.55. The van der Waals surface area contributed by atoms with Crippen LogP contribution in [-0.2, 0) is 29.0 Å². The Kier molecular flexibility index (Phi) is 10.7. The second-order valence-corrected chi connectivity index (χ2v) is 16.5. The van der Waals surface area contributed by atoms with Gasteiger partial charge in [-0.05, 0) is 115 Å². The van der Waals surface area contributed by atoms with E-state index in [0.717, 1.165) is 95.6 Å². The predicted octanol–water partition coefficient (Wildman–Crippen LogP) is 7.97. The summed E-state index contributed by atoms with van der Waals surface area (Å²) in [5.74, 6) is 2.47. The molecule has 3 N–H and O–H groups in total. The third kappa shape index (κ3) is 8.36. The molecule has 2 amide bonds. The molecular formula is C45H54N4O4. The quantitative estimate of drug-likeness (QED) is 0.138. The molecule has 5 fully saturated rings. The number of nitrogens with one attached hydrogen (secondary N) is 2. The molecule has 5 aliphatic rings. The molecule has 4 saturated carbocycles. The molecule has 2 heterocycles. The van der Waals surface area contributed by atoms with E-state index in [0.29, 0.717) is 6.54 Å². The number of likely N-dealkylation sites (N-methyl/N-ethyl adjacent to an activating group) is 1. The first kappa shape index (κ1) is 35.9. The number of ether oxygens (including phenoxy) is 2. The van der Waals surface area contributed by atoms with Crippen molar-refractivity contribution in [2.24, 2.45) is 23.7 Å². The number of hydrogen-bond donors (Lipinski definition) is 3. The summed E-state index contributed by atoms with van der Waals surface area (Å²) in [5, 5.41) is 16.3. The molecule has 53 heavy (non-hydrogen) atoms. The molecule has 1 aromatic heterocycles. The van der Waals surface area contributed by atoms with E-state index in [9.17, 15) is 9.90 Å². The van der Waals surface area contributed by atoms with Gasteiger partial charge in [0, 0.05) is 55.0 Å². The first-order chi connectivity index (χ1) is 25.8. The molecule has 4 aromatic rings. The average Bonchev–Trinajstić information content (AvgIpc) is 3.17. The SMILES string of the molecule is CC1C(CN(C)CCc2ccccn2)OC(c2cccc(-c3cccc(CNC(=O)NC45CC6CC(CC(C6)C4)C5)c3)c2)OC1c1ccc(CO)cc1. The van der Waals surface area contributed by atoms with Crippen LogP contribution in [0.1, 0.15) is 85.8 Å². The number of nitrogens with zero attached hydrogens (tertiary/aromatic N) is 2. The fraction of sp³-hybridized carbons (Fsp3) is 0.467. The molecule has 4 unspecified atom stereocenters. The zero-order valence-electron chi connectivity index (χ0n) is 31.1.